The van der Waals surface area contributed by atoms with Gasteiger partial charge in [0.1, 0.15) is 0 Å². The van der Waals surface area contributed by atoms with E-state index in [9.17, 15) is 0 Å². The van der Waals surface area contributed by atoms with Gasteiger partial charge in [0, 0.05) is 5.92 Å². The lowest BCUT2D eigenvalue weighted by molar-refractivity contribution is 0.206. The second kappa shape index (κ2) is 12.6. The molecule has 0 unspecified atom stereocenters. The summed E-state index contributed by atoms with van der Waals surface area (Å²) in [5.74, 6) is 2.33. The zero-order chi connectivity index (χ0) is 21.9. The summed E-state index contributed by atoms with van der Waals surface area (Å²) in [6.45, 7) is 6.85. The van der Waals surface area contributed by atoms with Gasteiger partial charge in [-0.3, -0.25) is 0 Å². The highest BCUT2D eigenvalue weighted by atomic mass is 15.2. The van der Waals surface area contributed by atoms with Gasteiger partial charge in [0.2, 0.25) is 0 Å². The summed E-state index contributed by atoms with van der Waals surface area (Å²) >= 11 is 0. The van der Waals surface area contributed by atoms with Gasteiger partial charge < -0.3 is 0 Å². The number of aryl methyl sites for hydroxylation is 1. The summed E-state index contributed by atoms with van der Waals surface area (Å²) in [5.41, 5.74) is 4.86. The molecule has 0 saturated heterocycles. The van der Waals surface area contributed by atoms with Crippen LogP contribution in [0.25, 0.3) is 0 Å². The first kappa shape index (κ1) is 23.4. The van der Waals surface area contributed by atoms with Crippen molar-refractivity contribution in [1.29, 1.82) is 0 Å². The van der Waals surface area contributed by atoms with Gasteiger partial charge in [-0.2, -0.15) is 10.2 Å². The smallest absolute Gasteiger partial charge is 0.0733 e. The molecule has 0 bridgehead atoms. The van der Waals surface area contributed by atoms with Crippen molar-refractivity contribution < 1.29 is 0 Å². The van der Waals surface area contributed by atoms with E-state index < -0.39 is 0 Å². The van der Waals surface area contributed by atoms with Crippen LogP contribution in [-0.2, 0) is 6.42 Å². The van der Waals surface area contributed by atoms with Gasteiger partial charge in [-0.05, 0) is 60.6 Å². The van der Waals surface area contributed by atoms with Gasteiger partial charge in [0.05, 0.1) is 11.9 Å². The fourth-order valence-electron chi connectivity index (χ4n) is 5.20. The van der Waals surface area contributed by atoms with E-state index in [1.165, 1.54) is 68.2 Å². The molecule has 0 heterocycles. The molecule has 31 heavy (non-hydrogen) atoms. The zero-order valence-electron chi connectivity index (χ0n) is 19.8. The fourth-order valence-corrected chi connectivity index (χ4v) is 5.20. The second-order valence-electron chi connectivity index (χ2n) is 9.14. The molecular formula is C29H40N2. The predicted molar refractivity (Wildman–Crippen MR) is 135 cm³/mol. The van der Waals surface area contributed by atoms with E-state index in [2.05, 4.69) is 80.5 Å². The molecular weight excluding hydrogens is 376 g/mol. The van der Waals surface area contributed by atoms with Crippen LogP contribution in [0.4, 0.5) is 0 Å². The molecule has 166 valence electrons. The molecule has 0 amide bonds. The van der Waals surface area contributed by atoms with Gasteiger partial charge >= 0.3 is 0 Å². The second-order valence-corrected chi connectivity index (χ2v) is 9.14. The first-order valence-electron chi connectivity index (χ1n) is 12.5. The molecule has 2 aromatic carbocycles. The minimum atomic E-state index is 0.516. The average molecular weight is 417 g/mol. The van der Waals surface area contributed by atoms with Crippen molar-refractivity contribution >= 4 is 11.9 Å². The summed E-state index contributed by atoms with van der Waals surface area (Å²) in [6.07, 6.45) is 13.5. The Morgan fingerprint density at radius 3 is 2.10 bits per heavy atom. The van der Waals surface area contributed by atoms with Gasteiger partial charge in [-0.25, -0.2) is 0 Å². The van der Waals surface area contributed by atoms with E-state index in [0.29, 0.717) is 5.92 Å². The Hall–Kier alpha value is -2.22. The molecule has 1 saturated carbocycles. The highest BCUT2D eigenvalue weighted by molar-refractivity contribution is 6.02. The Morgan fingerprint density at radius 1 is 0.871 bits per heavy atom. The molecule has 2 aromatic rings. The van der Waals surface area contributed by atoms with Crippen LogP contribution in [0, 0.1) is 17.8 Å². The van der Waals surface area contributed by atoms with Gasteiger partial charge in [0.15, 0.2) is 0 Å². The van der Waals surface area contributed by atoms with E-state index in [1.54, 1.807) is 0 Å². The Kier molecular flexibility index (Phi) is 9.52. The molecule has 0 aromatic heterocycles. The number of benzene rings is 2. The van der Waals surface area contributed by atoms with E-state index in [4.69, 9.17) is 5.10 Å². The highest BCUT2D eigenvalue weighted by Gasteiger charge is 2.29. The number of hydrogen-bond acceptors (Lipinski definition) is 2. The standard InChI is InChI=1S/C29H40N2/c1-4-10-25(11-5-2)26-18-20-28(21-19-26)29(27-12-8-7-9-13-27)31-30-22-24-16-14-23(6-3)15-17-24/h7-9,12-17,22,25-26,28H,4-6,10-11,18-21H2,1-3H3. The molecule has 0 N–H and O–H groups in total. The maximum atomic E-state index is 4.78. The van der Waals surface area contributed by atoms with E-state index in [1.807, 2.05) is 6.21 Å². The minimum Gasteiger partial charge on any atom is -0.158 e. The summed E-state index contributed by atoms with van der Waals surface area (Å²) in [4.78, 5) is 0. The van der Waals surface area contributed by atoms with E-state index in [0.717, 1.165) is 23.8 Å². The van der Waals surface area contributed by atoms with Crippen molar-refractivity contribution in [3.63, 3.8) is 0 Å². The predicted octanol–water partition coefficient (Wildman–Crippen LogP) is 8.10. The maximum Gasteiger partial charge on any atom is 0.0733 e. The fraction of sp³-hybridized carbons (Fsp3) is 0.517. The molecule has 1 aliphatic carbocycles. The van der Waals surface area contributed by atoms with E-state index in [-0.39, 0.29) is 0 Å². The van der Waals surface area contributed by atoms with Crippen molar-refractivity contribution in [2.45, 2.75) is 78.6 Å². The Balaban J connectivity index is 1.72. The summed E-state index contributed by atoms with van der Waals surface area (Å²) in [5, 5.41) is 9.31. The Bertz CT molecular complexity index is 806. The third-order valence-corrected chi connectivity index (χ3v) is 6.97. The molecule has 0 aliphatic heterocycles. The molecule has 2 nitrogen and oxygen atoms in total. The summed E-state index contributed by atoms with van der Waals surface area (Å²) in [6, 6.07) is 19.3. The van der Waals surface area contributed by atoms with Crippen LogP contribution < -0.4 is 0 Å². The first-order valence-corrected chi connectivity index (χ1v) is 12.5. The lowest BCUT2D eigenvalue weighted by Gasteiger charge is -2.34. The van der Waals surface area contributed by atoms with Crippen molar-refractivity contribution in [2.24, 2.45) is 28.0 Å². The van der Waals surface area contributed by atoms with Crippen LogP contribution >= 0.6 is 0 Å². The number of hydrogen-bond donors (Lipinski definition) is 0. The molecule has 3 rings (SSSR count). The topological polar surface area (TPSA) is 24.7 Å². The molecule has 1 aliphatic rings. The number of rotatable bonds is 10. The van der Waals surface area contributed by atoms with Crippen LogP contribution in [-0.4, -0.2) is 11.9 Å². The van der Waals surface area contributed by atoms with Gasteiger partial charge in [0.25, 0.3) is 0 Å². The molecule has 0 atom stereocenters. The third-order valence-electron chi connectivity index (χ3n) is 6.97. The SMILES string of the molecule is CCCC(CCC)C1CCC(C(=NN=Cc2ccc(CC)cc2)c2ccccc2)CC1. The minimum absolute atomic E-state index is 0.516. The summed E-state index contributed by atoms with van der Waals surface area (Å²) in [7, 11) is 0. The van der Waals surface area contributed by atoms with Crippen molar-refractivity contribution in [3.8, 4) is 0 Å². The molecule has 0 radical (unpaired) electrons. The van der Waals surface area contributed by atoms with Crippen LogP contribution in [0.15, 0.2) is 64.8 Å². The Labute approximate surface area is 189 Å². The number of nitrogens with zero attached hydrogens (tertiary/aromatic N) is 2. The van der Waals surface area contributed by atoms with Gasteiger partial charge in [-0.15, -0.1) is 0 Å². The van der Waals surface area contributed by atoms with Crippen LogP contribution in [0.3, 0.4) is 0 Å². The van der Waals surface area contributed by atoms with Crippen LogP contribution in [0.5, 0.6) is 0 Å². The molecule has 1 fully saturated rings. The van der Waals surface area contributed by atoms with Crippen molar-refractivity contribution in [3.05, 3.63) is 71.3 Å². The lowest BCUT2D eigenvalue weighted by Crippen LogP contribution is -2.26. The summed E-state index contributed by atoms with van der Waals surface area (Å²) < 4.78 is 0. The van der Waals surface area contributed by atoms with E-state index >= 15 is 0 Å². The Morgan fingerprint density at radius 2 is 1.52 bits per heavy atom. The van der Waals surface area contributed by atoms with Crippen LogP contribution in [0.1, 0.15) is 88.8 Å². The van der Waals surface area contributed by atoms with Crippen molar-refractivity contribution in [2.75, 3.05) is 0 Å². The quantitative estimate of drug-likeness (QED) is 0.276. The van der Waals surface area contributed by atoms with Crippen molar-refractivity contribution in [1.82, 2.24) is 0 Å². The first-order chi connectivity index (χ1) is 15.2. The average Bonchev–Trinajstić information content (AvgIpc) is 2.83. The van der Waals surface area contributed by atoms with Gasteiger partial charge in [-0.1, -0.05) is 101 Å². The molecule has 2 heteroatoms. The zero-order valence-corrected chi connectivity index (χ0v) is 19.8. The maximum absolute atomic E-state index is 4.78. The molecule has 0 spiro atoms. The van der Waals surface area contributed by atoms with Crippen LogP contribution in [0.2, 0.25) is 0 Å². The monoisotopic (exact) mass is 416 g/mol. The highest BCUT2D eigenvalue weighted by Crippen LogP contribution is 2.38. The largest absolute Gasteiger partial charge is 0.158 e. The third kappa shape index (κ3) is 6.89. The lowest BCUT2D eigenvalue weighted by atomic mass is 9.71. The normalized spacial score (nSPS) is 19.9.